The number of carbonyl (C=O) groups excluding carboxylic acids is 3. The van der Waals surface area contributed by atoms with E-state index in [4.69, 9.17) is 0 Å². The van der Waals surface area contributed by atoms with Crippen LogP contribution in [0.3, 0.4) is 0 Å². The first-order valence-electron chi connectivity index (χ1n) is 9.60. The van der Waals surface area contributed by atoms with Gasteiger partial charge in [-0.3, -0.25) is 19.8 Å². The third-order valence-corrected chi connectivity index (χ3v) is 5.30. The Labute approximate surface area is 183 Å². The van der Waals surface area contributed by atoms with E-state index in [1.54, 1.807) is 19.9 Å². The zero-order chi connectivity index (χ0) is 22.4. The Bertz CT molecular complexity index is 1040. The molecule has 0 saturated carbocycles. The second kappa shape index (κ2) is 10.0. The Balaban J connectivity index is 1.88. The average Bonchev–Trinajstić information content (AvgIpc) is 3.04. The van der Waals surface area contributed by atoms with Crippen LogP contribution in [0.15, 0.2) is 65.3 Å². The molecule has 2 N–H and O–H groups in total. The lowest BCUT2D eigenvalue weighted by Gasteiger charge is -2.19. The molecule has 160 valence electrons. The Hall–Kier alpha value is -3.46. The molecule has 1 unspecified atom stereocenters. The maximum atomic E-state index is 13.4. The van der Waals surface area contributed by atoms with Crippen molar-refractivity contribution in [3.8, 4) is 0 Å². The van der Waals surface area contributed by atoms with Crippen molar-refractivity contribution in [1.29, 1.82) is 0 Å². The summed E-state index contributed by atoms with van der Waals surface area (Å²) in [5, 5.41) is 4.28. The van der Waals surface area contributed by atoms with Crippen LogP contribution in [-0.4, -0.2) is 34.8 Å². The van der Waals surface area contributed by atoms with Gasteiger partial charge in [0.15, 0.2) is 5.17 Å². The van der Waals surface area contributed by atoms with E-state index in [1.807, 2.05) is 30.3 Å². The topological polar surface area (TPSA) is 90.9 Å². The van der Waals surface area contributed by atoms with Gasteiger partial charge in [-0.25, -0.2) is 14.2 Å². The predicted molar refractivity (Wildman–Crippen MR) is 120 cm³/mol. The van der Waals surface area contributed by atoms with E-state index in [9.17, 15) is 18.8 Å². The van der Waals surface area contributed by atoms with Crippen LogP contribution >= 0.6 is 11.8 Å². The maximum absolute atomic E-state index is 13.4. The normalized spacial score (nSPS) is 15.6. The minimum Gasteiger partial charge on any atom is -0.338 e. The van der Waals surface area contributed by atoms with Gasteiger partial charge in [-0.05, 0) is 49.8 Å². The van der Waals surface area contributed by atoms with Crippen LogP contribution in [0.1, 0.15) is 19.4 Å². The molecule has 2 aromatic rings. The van der Waals surface area contributed by atoms with Gasteiger partial charge in [-0.2, -0.15) is 0 Å². The Morgan fingerprint density at radius 2 is 1.84 bits per heavy atom. The van der Waals surface area contributed by atoms with Crippen molar-refractivity contribution in [2.75, 3.05) is 11.4 Å². The van der Waals surface area contributed by atoms with Gasteiger partial charge in [-0.15, -0.1) is 0 Å². The molecule has 0 bridgehead atoms. The van der Waals surface area contributed by atoms with Crippen molar-refractivity contribution < 1.29 is 18.8 Å². The number of hydrogen-bond donors (Lipinski definition) is 2. The number of amides is 4. The summed E-state index contributed by atoms with van der Waals surface area (Å²) in [6.45, 7) is 3.73. The lowest BCUT2D eigenvalue weighted by Crippen LogP contribution is -2.43. The van der Waals surface area contributed by atoms with Gasteiger partial charge in [-0.1, -0.05) is 42.1 Å². The van der Waals surface area contributed by atoms with Gasteiger partial charge in [0.2, 0.25) is 5.91 Å². The van der Waals surface area contributed by atoms with Crippen molar-refractivity contribution in [2.45, 2.75) is 19.1 Å². The Kier molecular flexibility index (Phi) is 7.19. The maximum Gasteiger partial charge on any atom is 0.321 e. The van der Waals surface area contributed by atoms with E-state index in [0.29, 0.717) is 12.2 Å². The fraction of sp³-hybridized carbons (Fsp3) is 0.182. The van der Waals surface area contributed by atoms with Crippen molar-refractivity contribution >= 4 is 46.5 Å². The van der Waals surface area contributed by atoms with Crippen molar-refractivity contribution in [3.63, 3.8) is 0 Å². The number of hydrogen-bond acceptors (Lipinski definition) is 5. The van der Waals surface area contributed by atoms with E-state index < -0.39 is 28.9 Å². The highest BCUT2D eigenvalue weighted by Gasteiger charge is 2.34. The first-order chi connectivity index (χ1) is 14.9. The summed E-state index contributed by atoms with van der Waals surface area (Å²) in [4.78, 5) is 42.8. The zero-order valence-electron chi connectivity index (χ0n) is 17.0. The molecule has 0 aliphatic carbocycles. The number of rotatable bonds is 5. The third-order valence-electron chi connectivity index (χ3n) is 4.24. The monoisotopic (exact) mass is 440 g/mol. The number of carbonyl (C=O) groups is 3. The fourth-order valence-electron chi connectivity index (χ4n) is 2.73. The van der Waals surface area contributed by atoms with Crippen LogP contribution in [0.25, 0.3) is 6.08 Å². The van der Waals surface area contributed by atoms with Gasteiger partial charge in [0, 0.05) is 6.54 Å². The molecule has 0 spiro atoms. The second-order valence-corrected chi connectivity index (χ2v) is 7.87. The number of urea groups is 1. The van der Waals surface area contributed by atoms with Crippen molar-refractivity contribution in [1.82, 2.24) is 10.6 Å². The van der Waals surface area contributed by atoms with Crippen LogP contribution < -0.4 is 15.5 Å². The molecule has 1 aliphatic rings. The van der Waals surface area contributed by atoms with Crippen LogP contribution in [0.5, 0.6) is 0 Å². The molecular formula is C22H21FN4O3S. The quantitative estimate of drug-likeness (QED) is 0.696. The summed E-state index contributed by atoms with van der Waals surface area (Å²) in [7, 11) is 0. The number of imide groups is 1. The molecule has 1 aliphatic heterocycles. The highest BCUT2D eigenvalue weighted by molar-refractivity contribution is 8.15. The zero-order valence-corrected chi connectivity index (χ0v) is 17.8. The van der Waals surface area contributed by atoms with E-state index >= 15 is 0 Å². The Morgan fingerprint density at radius 1 is 1.16 bits per heavy atom. The van der Waals surface area contributed by atoms with Gasteiger partial charge >= 0.3 is 6.03 Å². The Morgan fingerprint density at radius 3 is 2.48 bits per heavy atom. The molecule has 0 fully saturated rings. The van der Waals surface area contributed by atoms with Crippen LogP contribution in [0.4, 0.5) is 14.9 Å². The summed E-state index contributed by atoms with van der Waals surface area (Å²) >= 11 is 1.03. The number of benzene rings is 2. The minimum absolute atomic E-state index is 0.189. The molecular weight excluding hydrogens is 419 g/mol. The molecule has 2 aromatic carbocycles. The van der Waals surface area contributed by atoms with E-state index in [-0.39, 0.29) is 10.9 Å². The standard InChI is InChI=1S/C22H21FN4O3S/c1-3-24-21(30)26-19(28)14(2)31-22-25-18(13-15-7-5-4-6-8-15)20(29)27(22)17-11-9-16(23)10-12-17/h4-14H,3H2,1-2H3,(H2,24,26,28,30)/b18-13-. The molecule has 0 saturated heterocycles. The summed E-state index contributed by atoms with van der Waals surface area (Å²) < 4.78 is 13.4. The average molecular weight is 441 g/mol. The summed E-state index contributed by atoms with van der Waals surface area (Å²) in [5.41, 5.74) is 1.40. The molecule has 7 nitrogen and oxygen atoms in total. The number of nitrogens with one attached hydrogen (secondary N) is 2. The van der Waals surface area contributed by atoms with Crippen LogP contribution in [0, 0.1) is 5.82 Å². The van der Waals surface area contributed by atoms with Crippen molar-refractivity contribution in [3.05, 3.63) is 71.7 Å². The second-order valence-electron chi connectivity index (χ2n) is 6.56. The number of anilines is 1. The molecule has 3 rings (SSSR count). The highest BCUT2D eigenvalue weighted by atomic mass is 32.2. The number of thioether (sulfide) groups is 1. The number of aliphatic imine (C=N–C) groups is 1. The molecule has 9 heteroatoms. The van der Waals surface area contributed by atoms with E-state index in [1.165, 1.54) is 29.2 Å². The first kappa shape index (κ1) is 22.2. The molecule has 1 atom stereocenters. The van der Waals surface area contributed by atoms with Gasteiger partial charge in [0.25, 0.3) is 5.91 Å². The number of amidine groups is 1. The molecule has 0 aromatic heterocycles. The molecule has 0 radical (unpaired) electrons. The van der Waals surface area contributed by atoms with Crippen molar-refractivity contribution in [2.24, 2.45) is 4.99 Å². The molecule has 4 amide bonds. The number of nitrogens with zero attached hydrogens (tertiary/aromatic N) is 2. The van der Waals surface area contributed by atoms with Gasteiger partial charge < -0.3 is 5.32 Å². The van der Waals surface area contributed by atoms with Gasteiger partial charge in [0.05, 0.1) is 10.9 Å². The van der Waals surface area contributed by atoms with Crippen LogP contribution in [-0.2, 0) is 9.59 Å². The van der Waals surface area contributed by atoms with E-state index in [2.05, 4.69) is 15.6 Å². The molecule has 31 heavy (non-hydrogen) atoms. The predicted octanol–water partition coefficient (Wildman–Crippen LogP) is 3.54. The first-order valence-corrected chi connectivity index (χ1v) is 10.5. The van der Waals surface area contributed by atoms with Crippen LogP contribution in [0.2, 0.25) is 0 Å². The molecule has 1 heterocycles. The summed E-state index contributed by atoms with van der Waals surface area (Å²) in [6, 6.07) is 14.1. The lowest BCUT2D eigenvalue weighted by atomic mass is 10.2. The van der Waals surface area contributed by atoms with E-state index in [0.717, 1.165) is 17.3 Å². The summed E-state index contributed by atoms with van der Waals surface area (Å²) in [5.74, 6) is -1.35. The smallest absolute Gasteiger partial charge is 0.321 e. The third kappa shape index (κ3) is 5.58. The minimum atomic E-state index is -0.715. The highest BCUT2D eigenvalue weighted by Crippen LogP contribution is 2.31. The lowest BCUT2D eigenvalue weighted by molar-refractivity contribution is -0.119. The fourth-order valence-corrected chi connectivity index (χ4v) is 3.66. The summed E-state index contributed by atoms with van der Waals surface area (Å²) in [6.07, 6.45) is 1.64. The SMILES string of the molecule is CCNC(=O)NC(=O)C(C)SC1=N/C(=C\c2ccccc2)C(=O)N1c1ccc(F)cc1. The number of halogens is 1. The van der Waals surface area contributed by atoms with Gasteiger partial charge in [0.1, 0.15) is 11.5 Å². The largest absolute Gasteiger partial charge is 0.338 e.